The van der Waals surface area contributed by atoms with E-state index in [4.69, 9.17) is 4.74 Å². The highest BCUT2D eigenvalue weighted by molar-refractivity contribution is 5.93. The minimum atomic E-state index is -0.548. The number of H-pyrrole nitrogens is 1. The first-order valence-corrected chi connectivity index (χ1v) is 4.41. The van der Waals surface area contributed by atoms with Gasteiger partial charge in [0.25, 0.3) is 0 Å². The third kappa shape index (κ3) is 2.28. The molecule has 0 aromatic carbocycles. The monoisotopic (exact) mass is 197 g/mol. The van der Waals surface area contributed by atoms with Gasteiger partial charge in [-0.15, -0.1) is 0 Å². The van der Waals surface area contributed by atoms with Gasteiger partial charge in [0.05, 0.1) is 0 Å². The molecule has 78 valence electrons. The molecule has 0 saturated heterocycles. The maximum Gasteiger partial charge on any atom is 0.344 e. The second-order valence-corrected chi connectivity index (χ2v) is 4.18. The first-order valence-electron chi connectivity index (χ1n) is 4.41. The van der Waals surface area contributed by atoms with Crippen LogP contribution in [0.4, 0.5) is 0 Å². The van der Waals surface area contributed by atoms with Gasteiger partial charge in [0.1, 0.15) is 16.9 Å². The van der Waals surface area contributed by atoms with Crippen LogP contribution in [0.15, 0.2) is 6.20 Å². The molecule has 2 N–H and O–H groups in total. The summed E-state index contributed by atoms with van der Waals surface area (Å²) in [5.74, 6) is -0.578. The first-order chi connectivity index (χ1) is 6.31. The Hall–Kier alpha value is -1.45. The van der Waals surface area contributed by atoms with Gasteiger partial charge in [-0.2, -0.15) is 0 Å². The van der Waals surface area contributed by atoms with E-state index in [2.05, 4.69) is 4.98 Å². The molecule has 0 saturated carbocycles. The van der Waals surface area contributed by atoms with Crippen LogP contribution in [-0.4, -0.2) is 21.7 Å². The molecule has 0 aliphatic rings. The number of nitrogens with one attached hydrogen (secondary N) is 1. The normalized spacial score (nSPS) is 11.4. The fraction of sp³-hybridized carbons (Fsp3) is 0.500. The lowest BCUT2D eigenvalue weighted by Crippen LogP contribution is -2.24. The van der Waals surface area contributed by atoms with Gasteiger partial charge in [0.15, 0.2) is 0 Å². The molecule has 0 spiro atoms. The first kappa shape index (κ1) is 10.6. The Bertz CT molecular complexity index is 327. The molecule has 1 heterocycles. The van der Waals surface area contributed by atoms with Crippen LogP contribution >= 0.6 is 0 Å². The molecule has 0 aliphatic heterocycles. The largest absolute Gasteiger partial charge is 0.505 e. The SMILES string of the molecule is Cc1[nH]cc(O)c1C(=O)OC(C)(C)C. The van der Waals surface area contributed by atoms with Crippen LogP contribution in [0.3, 0.4) is 0 Å². The van der Waals surface area contributed by atoms with Crippen LogP contribution in [0, 0.1) is 6.92 Å². The van der Waals surface area contributed by atoms with Crippen molar-refractivity contribution in [3.05, 3.63) is 17.5 Å². The summed E-state index contributed by atoms with van der Waals surface area (Å²) in [6, 6.07) is 0. The lowest BCUT2D eigenvalue weighted by Gasteiger charge is -2.19. The summed E-state index contributed by atoms with van der Waals surface area (Å²) < 4.78 is 5.12. The second kappa shape index (κ2) is 3.36. The molecule has 0 amide bonds. The van der Waals surface area contributed by atoms with Crippen molar-refractivity contribution in [1.29, 1.82) is 0 Å². The van der Waals surface area contributed by atoms with Crippen LogP contribution in [-0.2, 0) is 4.74 Å². The van der Waals surface area contributed by atoms with Crippen LogP contribution in [0.1, 0.15) is 36.8 Å². The molecule has 1 aromatic heterocycles. The van der Waals surface area contributed by atoms with E-state index < -0.39 is 11.6 Å². The van der Waals surface area contributed by atoms with Crippen LogP contribution in [0.5, 0.6) is 5.75 Å². The number of aromatic hydroxyl groups is 1. The average Bonchev–Trinajstić information content (AvgIpc) is 2.27. The van der Waals surface area contributed by atoms with E-state index in [1.165, 1.54) is 6.20 Å². The summed E-state index contributed by atoms with van der Waals surface area (Å²) in [6.45, 7) is 7.05. The van der Waals surface area contributed by atoms with E-state index in [1.54, 1.807) is 27.7 Å². The molecule has 0 fully saturated rings. The number of aromatic nitrogens is 1. The van der Waals surface area contributed by atoms with Crippen molar-refractivity contribution in [3.63, 3.8) is 0 Å². The van der Waals surface area contributed by atoms with Gasteiger partial charge in [-0.05, 0) is 27.7 Å². The van der Waals surface area contributed by atoms with Gasteiger partial charge in [0, 0.05) is 11.9 Å². The van der Waals surface area contributed by atoms with E-state index in [-0.39, 0.29) is 11.3 Å². The minimum Gasteiger partial charge on any atom is -0.505 e. The Balaban J connectivity index is 2.90. The fourth-order valence-corrected chi connectivity index (χ4v) is 1.10. The number of carbonyl (C=O) groups excluding carboxylic acids is 1. The second-order valence-electron chi connectivity index (χ2n) is 4.18. The smallest absolute Gasteiger partial charge is 0.344 e. The van der Waals surface area contributed by atoms with Gasteiger partial charge < -0.3 is 14.8 Å². The van der Waals surface area contributed by atoms with E-state index in [1.807, 2.05) is 0 Å². The van der Waals surface area contributed by atoms with E-state index in [9.17, 15) is 9.90 Å². The van der Waals surface area contributed by atoms with Crippen LogP contribution in [0.25, 0.3) is 0 Å². The summed E-state index contributed by atoms with van der Waals surface area (Å²) >= 11 is 0. The quantitative estimate of drug-likeness (QED) is 0.677. The Labute approximate surface area is 82.9 Å². The maximum atomic E-state index is 11.6. The average molecular weight is 197 g/mol. The zero-order valence-electron chi connectivity index (χ0n) is 8.84. The highest BCUT2D eigenvalue weighted by atomic mass is 16.6. The number of hydrogen-bond donors (Lipinski definition) is 2. The molecule has 14 heavy (non-hydrogen) atoms. The van der Waals surface area contributed by atoms with Gasteiger partial charge in [-0.25, -0.2) is 4.79 Å². The van der Waals surface area contributed by atoms with Crippen molar-refractivity contribution in [2.75, 3.05) is 0 Å². The molecule has 1 rings (SSSR count). The molecule has 0 bridgehead atoms. The minimum absolute atomic E-state index is 0.0725. The van der Waals surface area contributed by atoms with Gasteiger partial charge in [0.2, 0.25) is 0 Å². The summed E-state index contributed by atoms with van der Waals surface area (Å²) in [6.07, 6.45) is 1.37. The third-order valence-corrected chi connectivity index (χ3v) is 1.66. The predicted octanol–water partition coefficient (Wildman–Crippen LogP) is 1.98. The highest BCUT2D eigenvalue weighted by Gasteiger charge is 2.22. The Morgan fingerprint density at radius 1 is 1.50 bits per heavy atom. The van der Waals surface area contributed by atoms with E-state index in [0.29, 0.717) is 5.69 Å². The molecular formula is C10H15NO3. The molecule has 4 nitrogen and oxygen atoms in total. The van der Waals surface area contributed by atoms with Crippen LogP contribution in [0.2, 0.25) is 0 Å². The van der Waals surface area contributed by atoms with Crippen molar-refractivity contribution >= 4 is 5.97 Å². The summed E-state index contributed by atoms with van der Waals surface area (Å²) in [5, 5.41) is 9.37. The lowest BCUT2D eigenvalue weighted by molar-refractivity contribution is 0.00665. The Morgan fingerprint density at radius 3 is 2.43 bits per heavy atom. The summed E-state index contributed by atoms with van der Waals surface area (Å²) in [5.41, 5.74) is 0.268. The number of aromatic amines is 1. The van der Waals surface area contributed by atoms with Crippen molar-refractivity contribution in [2.24, 2.45) is 0 Å². The number of hydrogen-bond acceptors (Lipinski definition) is 3. The highest BCUT2D eigenvalue weighted by Crippen LogP contribution is 2.22. The Morgan fingerprint density at radius 2 is 2.07 bits per heavy atom. The molecule has 0 unspecified atom stereocenters. The number of carbonyl (C=O) groups is 1. The van der Waals surface area contributed by atoms with Crippen molar-refractivity contribution < 1.29 is 14.6 Å². The van der Waals surface area contributed by atoms with Gasteiger partial charge >= 0.3 is 5.97 Å². The molecule has 0 radical (unpaired) electrons. The molecule has 0 aliphatic carbocycles. The number of esters is 1. The molecule has 1 aromatic rings. The standard InChI is InChI=1S/C10H15NO3/c1-6-8(7(12)5-11-6)9(13)14-10(2,3)4/h5,11-12H,1-4H3. The summed E-state index contributed by atoms with van der Waals surface area (Å²) in [4.78, 5) is 14.3. The number of rotatable bonds is 1. The Kier molecular flexibility index (Phi) is 2.55. The maximum absolute atomic E-state index is 11.6. The van der Waals surface area contributed by atoms with Crippen molar-refractivity contribution in [1.82, 2.24) is 4.98 Å². The van der Waals surface area contributed by atoms with Crippen molar-refractivity contribution in [3.8, 4) is 5.75 Å². The van der Waals surface area contributed by atoms with Gasteiger partial charge in [-0.3, -0.25) is 0 Å². The molecular weight excluding hydrogens is 182 g/mol. The number of ether oxygens (including phenoxy) is 1. The third-order valence-electron chi connectivity index (χ3n) is 1.66. The van der Waals surface area contributed by atoms with Gasteiger partial charge in [-0.1, -0.05) is 0 Å². The topological polar surface area (TPSA) is 62.3 Å². The van der Waals surface area contributed by atoms with Crippen molar-refractivity contribution in [2.45, 2.75) is 33.3 Å². The molecule has 4 heteroatoms. The zero-order valence-corrected chi connectivity index (χ0v) is 8.84. The zero-order chi connectivity index (χ0) is 10.9. The fourth-order valence-electron chi connectivity index (χ4n) is 1.10. The van der Waals surface area contributed by atoms with Crippen LogP contribution < -0.4 is 0 Å². The number of aryl methyl sites for hydroxylation is 1. The molecule has 0 atom stereocenters. The van der Waals surface area contributed by atoms with E-state index >= 15 is 0 Å². The summed E-state index contributed by atoms with van der Waals surface area (Å²) in [7, 11) is 0. The van der Waals surface area contributed by atoms with E-state index in [0.717, 1.165) is 0 Å². The lowest BCUT2D eigenvalue weighted by atomic mass is 10.2. The predicted molar refractivity (Wildman–Crippen MR) is 52.4 cm³/mol.